The minimum absolute atomic E-state index is 0.192. The summed E-state index contributed by atoms with van der Waals surface area (Å²) in [6.45, 7) is 2.98. The first-order valence-corrected chi connectivity index (χ1v) is 7.96. The third kappa shape index (κ3) is 3.23. The molecule has 18 heavy (non-hydrogen) atoms. The predicted molar refractivity (Wildman–Crippen MR) is 71.4 cm³/mol. The summed E-state index contributed by atoms with van der Waals surface area (Å²) in [4.78, 5) is 0. The maximum Gasteiger partial charge on any atom is 0.211 e. The highest BCUT2D eigenvalue weighted by Crippen LogP contribution is 2.32. The topological polar surface area (TPSA) is 55.4 Å². The summed E-state index contributed by atoms with van der Waals surface area (Å²) in [6.07, 6.45) is 1.49. The minimum atomic E-state index is -3.12. The molecule has 2 rings (SSSR count). The van der Waals surface area contributed by atoms with Crippen LogP contribution in [0.4, 0.5) is 0 Å². The fraction of sp³-hybridized carbons (Fsp3) is 0.538. The molecule has 1 aromatic rings. The van der Waals surface area contributed by atoms with Crippen LogP contribution in [0, 0.1) is 0 Å². The molecular formula is C13H19NO3S. The number of ether oxygens (including phenoxy) is 1. The molecular weight excluding hydrogens is 250 g/mol. The SMILES string of the molecule is CCCS(=O)(=O)NCC1CCOc2ccccc21. The Morgan fingerprint density at radius 1 is 1.39 bits per heavy atom. The molecule has 0 aromatic heterocycles. The van der Waals surface area contributed by atoms with E-state index in [9.17, 15) is 8.42 Å². The lowest BCUT2D eigenvalue weighted by molar-refractivity contribution is 0.267. The summed E-state index contributed by atoms with van der Waals surface area (Å²) in [7, 11) is -3.12. The molecule has 1 aliphatic heterocycles. The predicted octanol–water partition coefficient (Wildman–Crippen LogP) is 1.88. The molecule has 1 aromatic carbocycles. The lowest BCUT2D eigenvalue weighted by atomic mass is 9.93. The lowest BCUT2D eigenvalue weighted by Gasteiger charge is -2.25. The van der Waals surface area contributed by atoms with Gasteiger partial charge >= 0.3 is 0 Å². The van der Waals surface area contributed by atoms with Crippen molar-refractivity contribution in [2.45, 2.75) is 25.7 Å². The summed E-state index contributed by atoms with van der Waals surface area (Å²) < 4.78 is 31.5. The van der Waals surface area contributed by atoms with Crippen molar-refractivity contribution in [3.63, 3.8) is 0 Å². The standard InChI is InChI=1S/C13H19NO3S/c1-2-9-18(15,16)14-10-11-7-8-17-13-6-4-3-5-12(11)13/h3-6,11,14H,2,7-10H2,1H3. The van der Waals surface area contributed by atoms with Gasteiger partial charge in [0.2, 0.25) is 10.0 Å². The third-order valence-corrected chi connectivity index (χ3v) is 4.66. The molecule has 0 amide bonds. The van der Waals surface area contributed by atoms with Gasteiger partial charge in [-0.1, -0.05) is 25.1 Å². The second-order valence-corrected chi connectivity index (χ2v) is 6.47. The molecule has 100 valence electrons. The smallest absolute Gasteiger partial charge is 0.211 e. The Hall–Kier alpha value is -1.07. The second-order valence-electron chi connectivity index (χ2n) is 4.54. The Kier molecular flexibility index (Phi) is 4.24. The second kappa shape index (κ2) is 5.71. The Morgan fingerprint density at radius 3 is 2.94 bits per heavy atom. The van der Waals surface area contributed by atoms with Crippen LogP contribution < -0.4 is 9.46 Å². The van der Waals surface area contributed by atoms with E-state index in [1.165, 1.54) is 0 Å². The van der Waals surface area contributed by atoms with E-state index in [-0.39, 0.29) is 11.7 Å². The summed E-state index contributed by atoms with van der Waals surface area (Å²) in [5.74, 6) is 1.28. The van der Waals surface area contributed by atoms with Crippen molar-refractivity contribution >= 4 is 10.0 Å². The first-order chi connectivity index (χ1) is 8.62. The van der Waals surface area contributed by atoms with E-state index in [2.05, 4.69) is 4.72 Å². The van der Waals surface area contributed by atoms with Crippen molar-refractivity contribution in [2.24, 2.45) is 0 Å². The van der Waals surface area contributed by atoms with Gasteiger partial charge in [-0.2, -0.15) is 0 Å². The molecule has 4 nitrogen and oxygen atoms in total. The Bertz CT molecular complexity index is 499. The maximum atomic E-state index is 11.6. The zero-order valence-electron chi connectivity index (χ0n) is 10.6. The van der Waals surface area contributed by atoms with Crippen LogP contribution in [-0.4, -0.2) is 27.3 Å². The quantitative estimate of drug-likeness (QED) is 0.888. The van der Waals surface area contributed by atoms with Crippen LogP contribution in [0.5, 0.6) is 5.75 Å². The van der Waals surface area contributed by atoms with Gasteiger partial charge < -0.3 is 4.74 Å². The number of hydrogen-bond acceptors (Lipinski definition) is 3. The number of rotatable bonds is 5. The van der Waals surface area contributed by atoms with E-state index in [1.807, 2.05) is 31.2 Å². The van der Waals surface area contributed by atoms with E-state index in [1.54, 1.807) is 0 Å². The molecule has 5 heteroatoms. The Labute approximate surface area is 108 Å². The van der Waals surface area contributed by atoms with Crippen molar-refractivity contribution < 1.29 is 13.2 Å². The highest BCUT2D eigenvalue weighted by atomic mass is 32.2. The van der Waals surface area contributed by atoms with E-state index >= 15 is 0 Å². The van der Waals surface area contributed by atoms with Gasteiger partial charge in [0, 0.05) is 12.5 Å². The van der Waals surface area contributed by atoms with Crippen LogP contribution in [0.15, 0.2) is 24.3 Å². The zero-order chi connectivity index (χ0) is 13.0. The van der Waals surface area contributed by atoms with Crippen LogP contribution in [-0.2, 0) is 10.0 Å². The molecule has 0 aliphatic carbocycles. The van der Waals surface area contributed by atoms with E-state index in [4.69, 9.17) is 4.74 Å². The summed E-state index contributed by atoms with van der Waals surface area (Å²) in [5.41, 5.74) is 1.10. The maximum absolute atomic E-state index is 11.6. The van der Waals surface area contributed by atoms with Crippen LogP contribution in [0.1, 0.15) is 31.2 Å². The third-order valence-electron chi connectivity index (χ3n) is 3.11. The first kappa shape index (κ1) is 13.4. The average molecular weight is 269 g/mol. The number of nitrogens with one attached hydrogen (secondary N) is 1. The molecule has 1 atom stereocenters. The summed E-state index contributed by atoms with van der Waals surface area (Å²) in [6, 6.07) is 7.83. The molecule has 0 spiro atoms. The molecule has 1 aliphatic rings. The van der Waals surface area contributed by atoms with Crippen molar-refractivity contribution in [1.29, 1.82) is 0 Å². The van der Waals surface area contributed by atoms with Gasteiger partial charge in [0.25, 0.3) is 0 Å². The highest BCUT2D eigenvalue weighted by Gasteiger charge is 2.22. The van der Waals surface area contributed by atoms with Crippen LogP contribution >= 0.6 is 0 Å². The van der Waals surface area contributed by atoms with Crippen molar-refractivity contribution in [1.82, 2.24) is 4.72 Å². The van der Waals surface area contributed by atoms with Gasteiger partial charge in [-0.3, -0.25) is 0 Å². The molecule has 1 N–H and O–H groups in total. The molecule has 1 unspecified atom stereocenters. The number of hydrogen-bond donors (Lipinski definition) is 1. The average Bonchev–Trinajstić information content (AvgIpc) is 2.36. The highest BCUT2D eigenvalue weighted by molar-refractivity contribution is 7.89. The molecule has 0 saturated carbocycles. The molecule has 0 bridgehead atoms. The fourth-order valence-corrected chi connectivity index (χ4v) is 3.33. The Morgan fingerprint density at radius 2 is 2.17 bits per heavy atom. The minimum Gasteiger partial charge on any atom is -0.493 e. The van der Waals surface area contributed by atoms with Crippen molar-refractivity contribution in [3.05, 3.63) is 29.8 Å². The van der Waals surface area contributed by atoms with Crippen molar-refractivity contribution in [3.8, 4) is 5.75 Å². The van der Waals surface area contributed by atoms with Gasteiger partial charge in [-0.25, -0.2) is 13.1 Å². The summed E-state index contributed by atoms with van der Waals surface area (Å²) >= 11 is 0. The zero-order valence-corrected chi connectivity index (χ0v) is 11.4. The van der Waals surface area contributed by atoms with E-state index < -0.39 is 10.0 Å². The number of fused-ring (bicyclic) bond motifs is 1. The van der Waals surface area contributed by atoms with Crippen LogP contribution in [0.3, 0.4) is 0 Å². The van der Waals surface area contributed by atoms with Crippen LogP contribution in [0.2, 0.25) is 0 Å². The monoisotopic (exact) mass is 269 g/mol. The molecule has 0 radical (unpaired) electrons. The summed E-state index contributed by atoms with van der Waals surface area (Å²) in [5, 5.41) is 0. The number of para-hydroxylation sites is 1. The van der Waals surface area contributed by atoms with E-state index in [0.717, 1.165) is 17.7 Å². The van der Waals surface area contributed by atoms with Gasteiger partial charge in [-0.15, -0.1) is 0 Å². The number of sulfonamides is 1. The first-order valence-electron chi connectivity index (χ1n) is 6.31. The van der Waals surface area contributed by atoms with Crippen molar-refractivity contribution in [2.75, 3.05) is 18.9 Å². The molecule has 0 fully saturated rings. The normalized spacial score (nSPS) is 19.1. The van der Waals surface area contributed by atoms with Gasteiger partial charge in [0.05, 0.1) is 12.4 Å². The lowest BCUT2D eigenvalue weighted by Crippen LogP contribution is -2.32. The fourth-order valence-electron chi connectivity index (χ4n) is 2.20. The Balaban J connectivity index is 2.04. The van der Waals surface area contributed by atoms with Gasteiger partial charge in [0.1, 0.15) is 5.75 Å². The largest absolute Gasteiger partial charge is 0.493 e. The van der Waals surface area contributed by atoms with E-state index in [0.29, 0.717) is 19.6 Å². The van der Waals surface area contributed by atoms with Gasteiger partial charge in [0.15, 0.2) is 0 Å². The molecule has 1 heterocycles. The van der Waals surface area contributed by atoms with Gasteiger partial charge in [-0.05, 0) is 24.5 Å². The van der Waals surface area contributed by atoms with Crippen LogP contribution in [0.25, 0.3) is 0 Å². The number of benzene rings is 1. The molecule has 0 saturated heterocycles.